The molecule has 2 aromatic heterocycles. The third kappa shape index (κ3) is 9.33. The van der Waals surface area contributed by atoms with Crippen LogP contribution in [0.1, 0.15) is 34.3 Å². The van der Waals surface area contributed by atoms with E-state index < -0.39 is 151 Å². The molecule has 0 atom stereocenters. The van der Waals surface area contributed by atoms with Crippen LogP contribution in [-0.4, -0.2) is 9.55 Å². The van der Waals surface area contributed by atoms with Crippen LogP contribution >= 0.6 is 0 Å². The van der Waals surface area contributed by atoms with Crippen molar-refractivity contribution < 1.29 is 64.8 Å². The van der Waals surface area contributed by atoms with E-state index in [1.807, 2.05) is 0 Å². The molecule has 11 aromatic carbocycles. The molecule has 1 aliphatic rings. The van der Waals surface area contributed by atoms with Gasteiger partial charge in [-0.25, -0.2) is 4.98 Å². The second-order valence-corrected chi connectivity index (χ2v) is 17.3. The summed E-state index contributed by atoms with van der Waals surface area (Å²) in [6, 6.07) is 23.5. The van der Waals surface area contributed by atoms with E-state index >= 15 is 0 Å². The number of aromatic nitrogens is 2. The van der Waals surface area contributed by atoms with Crippen LogP contribution in [0.4, 0.5) is 22.7 Å². The van der Waals surface area contributed by atoms with Crippen molar-refractivity contribution in [1.29, 1.82) is 0 Å². The molecule has 6 nitrogen and oxygen atoms in total. The topological polar surface area (TPSA) is 42.8 Å². The Hall–Kier alpha value is -9.74. The summed E-state index contributed by atoms with van der Waals surface area (Å²) in [4.78, 5) is 8.14. The molecule has 0 amide bonds. The van der Waals surface area contributed by atoms with Gasteiger partial charge in [-0.1, -0.05) is 217 Å². The molecule has 7 heteroatoms. The first kappa shape index (κ1) is 28.6. The van der Waals surface area contributed by atoms with Gasteiger partial charge in [0.2, 0.25) is 0 Å². The summed E-state index contributed by atoms with van der Waals surface area (Å²) in [6.07, 6.45) is 1.38. The molecule has 0 saturated carbocycles. The molecule has 0 unspecified atom stereocenters. The number of benzene rings is 11. The number of fused-ring (bicyclic) bond motifs is 4. The Labute approximate surface area is 509 Å². The third-order valence-electron chi connectivity index (χ3n) is 12.8. The van der Waals surface area contributed by atoms with Crippen molar-refractivity contribution in [3.63, 3.8) is 0 Å². The van der Waals surface area contributed by atoms with Gasteiger partial charge in [0.15, 0.2) is 0 Å². The number of nitrogens with zero attached hydrogens (tertiary/aromatic N) is 4. The van der Waals surface area contributed by atoms with Crippen LogP contribution in [0.2, 0.25) is 0 Å². The van der Waals surface area contributed by atoms with Gasteiger partial charge >= 0.3 is 0 Å². The molecule has 0 aliphatic carbocycles. The van der Waals surface area contributed by atoms with Crippen LogP contribution < -0.4 is 19.3 Å². The second-order valence-electron chi connectivity index (χ2n) is 17.3. The van der Waals surface area contributed by atoms with Gasteiger partial charge in [0, 0.05) is 89.7 Å². The number of anilines is 4. The van der Waals surface area contributed by atoms with E-state index in [1.54, 1.807) is 93.8 Å². The van der Waals surface area contributed by atoms with E-state index in [1.165, 1.54) is 54.7 Å². The van der Waals surface area contributed by atoms with Gasteiger partial charge in [0.25, 0.3) is 0 Å². The molecule has 13 aromatic rings. The Morgan fingerprint density at radius 2 is 0.962 bits per heavy atom. The molecule has 3 heterocycles. The molecular formula is C72H47N4O2Pt-3. The zero-order chi connectivity index (χ0) is 73.5. The number of pyridine rings is 1. The predicted octanol–water partition coefficient (Wildman–Crippen LogP) is 19.1. The van der Waals surface area contributed by atoms with Crippen LogP contribution in [0.15, 0.2) is 279 Å². The van der Waals surface area contributed by atoms with Gasteiger partial charge in [0.1, 0.15) is 17.3 Å². The Morgan fingerprint density at radius 1 is 0.430 bits per heavy atom. The maximum Gasteiger partial charge on any atom is 0.143 e. The van der Waals surface area contributed by atoms with E-state index in [2.05, 4.69) is 12.1 Å². The average molecular weight is 1220 g/mol. The molecule has 0 bridgehead atoms. The van der Waals surface area contributed by atoms with Crippen molar-refractivity contribution in [2.24, 2.45) is 0 Å². The smallest absolute Gasteiger partial charge is 0.143 e. The van der Waals surface area contributed by atoms with Gasteiger partial charge in [0.05, 0.1) is 34.3 Å². The predicted molar refractivity (Wildman–Crippen MR) is 318 cm³/mol. The molecule has 79 heavy (non-hydrogen) atoms. The van der Waals surface area contributed by atoms with E-state index in [0.717, 1.165) is 0 Å². The van der Waals surface area contributed by atoms with E-state index in [0.29, 0.717) is 33.4 Å². The van der Waals surface area contributed by atoms with Crippen LogP contribution in [0, 0.1) is 18.8 Å². The minimum absolute atomic E-state index is 0. The molecule has 0 N–H and O–H groups in total. The number of ether oxygens (including phenoxy) is 2. The minimum Gasteiger partial charge on any atom is -0.509 e. The summed E-state index contributed by atoms with van der Waals surface area (Å²) in [5.41, 5.74) is 1.16. The second kappa shape index (κ2) is 21.4. The number of hydrogen-bond acceptors (Lipinski definition) is 5. The maximum absolute atomic E-state index is 9.12. The van der Waals surface area contributed by atoms with E-state index in [4.69, 9.17) is 48.7 Å². The number of rotatable bonds is 12. The van der Waals surface area contributed by atoms with Crippen LogP contribution in [0.5, 0.6) is 23.0 Å². The Balaban J connectivity index is 0.00000961. The maximum atomic E-state index is 9.12. The number of hydrogen-bond donors (Lipinski definition) is 0. The summed E-state index contributed by atoms with van der Waals surface area (Å²) in [5, 5.41) is 0.946. The Bertz CT molecular complexity index is 5550. The van der Waals surface area contributed by atoms with Crippen LogP contribution in [-0.2, 0) is 21.1 Å². The first-order chi connectivity index (χ1) is 49.0. The standard InChI is InChI=1S/C72H47N4O2.Pt/c1-6-21-50(22-7-1)55-39-42-66-65(45-55)64-41-40-58(47-69(64)76(66)70-48-59(43-44-73-70)78-72-62(53-27-12-4-13-28-53)35-20-36-63(72)54-29-14-5-15-30-54)77-57-32-18-31-56(46-57)74-49-75(68-38-17-16-37-67(68)74)71-60(51-23-8-2-9-24-51)33-19-34-61(71)52-25-10-3-11-26-52;/h1-45,48-49H;/q-3;/i1D,2D,3D,4D,5D,6D,7D,8D,9D,10D,11D,12D,13D,14D,15D,21D,22D,23D,24D,25D,26D,27D,28D,29D,30D;. The molecule has 1 aliphatic heterocycles. The van der Waals surface area contributed by atoms with Gasteiger partial charge in [-0.05, 0) is 63.0 Å². The Kier molecular flexibility index (Phi) is 7.72. The first-order valence-electron chi connectivity index (χ1n) is 36.5. The zero-order valence-electron chi connectivity index (χ0n) is 65.6. The average Bonchev–Trinajstić information content (AvgIpc) is 1.72. The summed E-state index contributed by atoms with van der Waals surface area (Å²) >= 11 is 0. The van der Waals surface area contributed by atoms with E-state index in [9.17, 15) is 0 Å². The molecule has 0 fully saturated rings. The molecule has 0 radical (unpaired) electrons. The summed E-state index contributed by atoms with van der Waals surface area (Å²) in [7, 11) is 0. The summed E-state index contributed by atoms with van der Waals surface area (Å²) in [5.74, 6) is 0.0633. The van der Waals surface area contributed by atoms with Crippen molar-refractivity contribution in [2.45, 2.75) is 0 Å². The van der Waals surface area contributed by atoms with Crippen molar-refractivity contribution >= 4 is 44.6 Å². The van der Waals surface area contributed by atoms with Crippen molar-refractivity contribution in [1.82, 2.24) is 9.55 Å². The van der Waals surface area contributed by atoms with Gasteiger partial charge in [-0.15, -0.1) is 48.1 Å². The summed E-state index contributed by atoms with van der Waals surface area (Å²) < 4.78 is 233. The minimum atomic E-state index is -0.681. The first-order valence-corrected chi connectivity index (χ1v) is 24.0. The number of para-hydroxylation sites is 4. The fraction of sp³-hybridized carbons (Fsp3) is 0. The quantitative estimate of drug-likeness (QED) is 0.114. The van der Waals surface area contributed by atoms with E-state index in [-0.39, 0.29) is 117 Å². The van der Waals surface area contributed by atoms with Crippen LogP contribution in [0.25, 0.3) is 83.3 Å². The zero-order valence-corrected chi connectivity index (χ0v) is 42.9. The van der Waals surface area contributed by atoms with Crippen molar-refractivity contribution in [3.05, 3.63) is 297 Å². The fourth-order valence-corrected chi connectivity index (χ4v) is 9.50. The molecule has 0 spiro atoms. The molecular weight excluding hydrogens is 1150 g/mol. The monoisotopic (exact) mass is 1220 g/mol. The molecule has 14 rings (SSSR count). The summed E-state index contributed by atoms with van der Waals surface area (Å²) in [6.45, 7) is 1.62. The molecule has 0 saturated heterocycles. The third-order valence-corrected chi connectivity index (χ3v) is 12.8. The largest absolute Gasteiger partial charge is 0.509 e. The fourth-order valence-electron chi connectivity index (χ4n) is 9.50. The van der Waals surface area contributed by atoms with Crippen LogP contribution in [0.3, 0.4) is 0 Å². The SMILES string of the molecule is [2H]c1c([2H])c([2H])c(-c2ccc3c(c2)c2ccc(Oc4[c-]c(N5[CH-]N(c6c(-c7c([2H])c([2H])c([2H])c([2H])c7[2H])cccc6-c6c([2H])c([2H])c([2H])c([2H])c6[2H])c6ccccc65)ccc4)[c-]c2n3-c2cc(Oc3c(-c4c([2H])c([2H])c([2H])c([2H])c4[2H])cccc3-c3c([2H])c([2H])c([2H])c([2H])c3[2H])ccn2)c([2H])c1[2H].[Pt]. The van der Waals surface area contributed by atoms with Crippen molar-refractivity contribution in [2.75, 3.05) is 9.80 Å². The van der Waals surface area contributed by atoms with Gasteiger partial charge < -0.3 is 23.8 Å². The van der Waals surface area contributed by atoms with Gasteiger partial charge in [-0.2, -0.15) is 12.1 Å². The Morgan fingerprint density at radius 3 is 1.57 bits per heavy atom. The van der Waals surface area contributed by atoms with Gasteiger partial charge in [-0.3, -0.25) is 0 Å². The van der Waals surface area contributed by atoms with Crippen molar-refractivity contribution in [3.8, 4) is 84.5 Å². The molecule has 380 valence electrons. The normalized spacial score (nSPS) is 16.3.